The molecule has 0 saturated heterocycles. The average Bonchev–Trinajstić information content (AvgIpc) is 2.80. The predicted molar refractivity (Wildman–Crippen MR) is 82.0 cm³/mol. The second-order valence-corrected chi connectivity index (χ2v) is 6.85. The molecule has 1 fully saturated rings. The minimum absolute atomic E-state index is 0.0178. The van der Waals surface area contributed by atoms with Crippen molar-refractivity contribution in [2.75, 3.05) is 12.5 Å². The van der Waals surface area contributed by atoms with Crippen LogP contribution in [0.25, 0.3) is 0 Å². The van der Waals surface area contributed by atoms with Gasteiger partial charge in [-0.15, -0.1) is 11.8 Å². The summed E-state index contributed by atoms with van der Waals surface area (Å²) in [6.07, 6.45) is 10.6. The summed E-state index contributed by atoms with van der Waals surface area (Å²) in [6, 6.07) is 0.314. The zero-order valence-corrected chi connectivity index (χ0v) is 13.3. The maximum Gasteiger partial charge on any atom is 0.255 e. The molecule has 1 aliphatic carbocycles. The van der Waals surface area contributed by atoms with Crippen molar-refractivity contribution < 1.29 is 4.79 Å². The number of thioether (sulfide) groups is 2. The van der Waals surface area contributed by atoms with E-state index in [4.69, 9.17) is 0 Å². The summed E-state index contributed by atoms with van der Waals surface area (Å²) in [5, 5.41) is 8.95. The fourth-order valence-corrected chi connectivity index (χ4v) is 3.93. The molecule has 0 unspecified atom stereocenters. The predicted octanol–water partition coefficient (Wildman–Crippen LogP) is 2.55. The maximum absolute atomic E-state index is 12.3. The van der Waals surface area contributed by atoms with E-state index in [2.05, 4.69) is 16.7 Å². The van der Waals surface area contributed by atoms with Gasteiger partial charge in [0.1, 0.15) is 5.03 Å². The molecule has 1 heterocycles. The number of hydrogen-bond donors (Lipinski definition) is 1. The smallest absolute Gasteiger partial charge is 0.255 e. The van der Waals surface area contributed by atoms with Crippen LogP contribution in [0.15, 0.2) is 11.2 Å². The van der Waals surface area contributed by atoms with Crippen LogP contribution in [0, 0.1) is 0 Å². The van der Waals surface area contributed by atoms with Crippen LogP contribution >= 0.6 is 23.5 Å². The molecule has 106 valence electrons. The molecule has 2 atom stereocenters. The number of aryl methyl sites for hydroxylation is 1. The molecule has 1 aromatic rings. The lowest BCUT2D eigenvalue weighted by atomic mass is 9.95. The summed E-state index contributed by atoms with van der Waals surface area (Å²) < 4.78 is 1.70. The summed E-state index contributed by atoms with van der Waals surface area (Å²) in [7, 11) is 1.85. The van der Waals surface area contributed by atoms with Crippen LogP contribution in [0.2, 0.25) is 0 Å². The van der Waals surface area contributed by atoms with Crippen LogP contribution in [-0.2, 0) is 7.05 Å². The van der Waals surface area contributed by atoms with Crippen LogP contribution in [0.5, 0.6) is 0 Å². The van der Waals surface area contributed by atoms with E-state index in [1.807, 2.05) is 25.1 Å². The first-order valence-electron chi connectivity index (χ1n) is 6.55. The Balaban J connectivity index is 2.00. The van der Waals surface area contributed by atoms with Crippen LogP contribution in [0.1, 0.15) is 36.0 Å². The number of nitrogens with zero attached hydrogens (tertiary/aromatic N) is 2. The molecule has 0 aliphatic heterocycles. The molecule has 1 N–H and O–H groups in total. The highest BCUT2D eigenvalue weighted by Crippen LogP contribution is 2.27. The van der Waals surface area contributed by atoms with E-state index in [1.54, 1.807) is 10.9 Å². The van der Waals surface area contributed by atoms with E-state index >= 15 is 0 Å². The van der Waals surface area contributed by atoms with Gasteiger partial charge in [-0.05, 0) is 31.8 Å². The van der Waals surface area contributed by atoms with Gasteiger partial charge < -0.3 is 5.32 Å². The van der Waals surface area contributed by atoms with Crippen molar-refractivity contribution in [3.63, 3.8) is 0 Å². The Morgan fingerprint density at radius 2 is 2.26 bits per heavy atom. The first-order valence-corrected chi connectivity index (χ1v) is 9.06. The van der Waals surface area contributed by atoms with Crippen molar-refractivity contribution in [3.8, 4) is 0 Å². The maximum atomic E-state index is 12.3. The second kappa shape index (κ2) is 6.70. The Morgan fingerprint density at radius 1 is 1.47 bits per heavy atom. The van der Waals surface area contributed by atoms with Gasteiger partial charge in [-0.2, -0.15) is 16.9 Å². The normalized spacial score (nSPS) is 23.3. The van der Waals surface area contributed by atoms with E-state index < -0.39 is 0 Å². The highest BCUT2D eigenvalue weighted by atomic mass is 32.2. The fourth-order valence-electron chi connectivity index (χ4n) is 2.53. The topological polar surface area (TPSA) is 46.9 Å². The van der Waals surface area contributed by atoms with Gasteiger partial charge in [0.25, 0.3) is 5.91 Å². The van der Waals surface area contributed by atoms with Gasteiger partial charge in [0.2, 0.25) is 0 Å². The molecule has 4 nitrogen and oxygen atoms in total. The van der Waals surface area contributed by atoms with Gasteiger partial charge >= 0.3 is 0 Å². The van der Waals surface area contributed by atoms with E-state index in [9.17, 15) is 4.79 Å². The van der Waals surface area contributed by atoms with Gasteiger partial charge in [0.05, 0.1) is 5.56 Å². The number of hydrogen-bond acceptors (Lipinski definition) is 4. The zero-order valence-electron chi connectivity index (χ0n) is 11.7. The molecule has 0 spiro atoms. The third kappa shape index (κ3) is 3.69. The average molecular weight is 299 g/mol. The van der Waals surface area contributed by atoms with E-state index in [1.165, 1.54) is 24.6 Å². The first kappa shape index (κ1) is 14.8. The molecule has 0 aromatic carbocycles. The largest absolute Gasteiger partial charge is 0.349 e. The van der Waals surface area contributed by atoms with Gasteiger partial charge in [0, 0.05) is 24.5 Å². The van der Waals surface area contributed by atoms with Crippen LogP contribution in [-0.4, -0.2) is 39.5 Å². The molecular formula is C13H21N3OS2. The van der Waals surface area contributed by atoms with Crippen LogP contribution < -0.4 is 5.32 Å². The molecule has 1 amide bonds. The highest BCUT2D eigenvalue weighted by Gasteiger charge is 2.24. The van der Waals surface area contributed by atoms with Crippen molar-refractivity contribution in [2.45, 2.75) is 42.0 Å². The summed E-state index contributed by atoms with van der Waals surface area (Å²) in [5.74, 6) is 0.0178. The Labute approximate surface area is 123 Å². The molecule has 1 saturated carbocycles. The van der Waals surface area contributed by atoms with Crippen molar-refractivity contribution in [1.82, 2.24) is 15.1 Å². The number of carbonyl (C=O) groups excluding carboxylic acids is 1. The minimum atomic E-state index is 0.0178. The zero-order chi connectivity index (χ0) is 13.8. The molecule has 6 heteroatoms. The van der Waals surface area contributed by atoms with Crippen molar-refractivity contribution in [1.29, 1.82) is 0 Å². The number of aromatic nitrogens is 2. The number of amides is 1. The quantitative estimate of drug-likeness (QED) is 0.868. The van der Waals surface area contributed by atoms with Crippen LogP contribution in [0.3, 0.4) is 0 Å². The number of rotatable bonds is 4. The van der Waals surface area contributed by atoms with Crippen molar-refractivity contribution >= 4 is 29.4 Å². The molecule has 2 rings (SSSR count). The van der Waals surface area contributed by atoms with Gasteiger partial charge in [-0.1, -0.05) is 6.42 Å². The third-order valence-corrected chi connectivity index (χ3v) is 5.31. The lowest BCUT2D eigenvalue weighted by Crippen LogP contribution is -2.39. The molecule has 0 bridgehead atoms. The molecule has 1 aromatic heterocycles. The summed E-state index contributed by atoms with van der Waals surface area (Å²) in [5.41, 5.74) is 0.696. The second-order valence-electron chi connectivity index (χ2n) is 4.92. The molecule has 19 heavy (non-hydrogen) atoms. The van der Waals surface area contributed by atoms with E-state index in [0.29, 0.717) is 16.9 Å². The lowest BCUT2D eigenvalue weighted by Gasteiger charge is -2.28. The Kier molecular flexibility index (Phi) is 5.21. The first-order chi connectivity index (χ1) is 9.13. The Hall–Kier alpha value is -0.620. The van der Waals surface area contributed by atoms with Gasteiger partial charge in [0.15, 0.2) is 0 Å². The molecule has 1 aliphatic rings. The molecule has 0 radical (unpaired) electrons. The van der Waals surface area contributed by atoms with Crippen molar-refractivity contribution in [2.24, 2.45) is 7.05 Å². The number of nitrogens with one attached hydrogen (secondary N) is 1. The monoisotopic (exact) mass is 299 g/mol. The van der Waals surface area contributed by atoms with E-state index in [0.717, 1.165) is 17.9 Å². The van der Waals surface area contributed by atoms with Crippen molar-refractivity contribution in [3.05, 3.63) is 11.8 Å². The Morgan fingerprint density at radius 3 is 2.95 bits per heavy atom. The summed E-state index contributed by atoms with van der Waals surface area (Å²) >= 11 is 3.43. The number of carbonyl (C=O) groups is 1. The van der Waals surface area contributed by atoms with Gasteiger partial charge in [-0.25, -0.2) is 0 Å². The SMILES string of the molecule is CSc1nn(C)cc1C(=O)N[C@@H]1CCC[C@H](SC)C1. The third-order valence-electron chi connectivity index (χ3n) is 3.53. The highest BCUT2D eigenvalue weighted by molar-refractivity contribution is 7.99. The lowest BCUT2D eigenvalue weighted by molar-refractivity contribution is 0.0925. The molecular weight excluding hydrogens is 278 g/mol. The van der Waals surface area contributed by atoms with E-state index in [-0.39, 0.29) is 5.91 Å². The summed E-state index contributed by atoms with van der Waals surface area (Å²) in [6.45, 7) is 0. The minimum Gasteiger partial charge on any atom is -0.349 e. The Bertz CT molecular complexity index is 447. The van der Waals surface area contributed by atoms with Gasteiger partial charge in [-0.3, -0.25) is 9.48 Å². The standard InChI is InChI=1S/C13H21N3OS2/c1-16-8-11(13(15-16)19-3)12(17)14-9-5-4-6-10(7-9)18-2/h8-10H,4-7H2,1-3H3,(H,14,17)/t9-,10+/m1/s1. The summed E-state index contributed by atoms with van der Waals surface area (Å²) in [4.78, 5) is 12.3. The van der Waals surface area contributed by atoms with Crippen LogP contribution in [0.4, 0.5) is 0 Å². The fraction of sp³-hybridized carbons (Fsp3) is 0.692.